The Labute approximate surface area is 159 Å². The van der Waals surface area contributed by atoms with Crippen LogP contribution in [0.2, 0.25) is 0 Å². The number of methoxy groups -OCH3 is 2. The van der Waals surface area contributed by atoms with E-state index in [-0.39, 0.29) is 4.91 Å². The lowest BCUT2D eigenvalue weighted by Gasteiger charge is -2.11. The smallest absolute Gasteiger partial charge is 0.285 e. The SMILES string of the molecule is COc1ccc(NC2=NS(=O)(=O)C(c3ccc(C)c(C)c3)=C2C)cc1OC. The van der Waals surface area contributed by atoms with Crippen LogP contribution < -0.4 is 14.8 Å². The molecule has 27 heavy (non-hydrogen) atoms. The summed E-state index contributed by atoms with van der Waals surface area (Å²) in [7, 11) is -0.667. The van der Waals surface area contributed by atoms with Crippen LogP contribution in [0.3, 0.4) is 0 Å². The van der Waals surface area contributed by atoms with Crippen molar-refractivity contribution in [3.05, 3.63) is 58.7 Å². The first-order valence-corrected chi connectivity index (χ1v) is 9.83. The van der Waals surface area contributed by atoms with Crippen molar-refractivity contribution >= 4 is 26.5 Å². The van der Waals surface area contributed by atoms with E-state index in [0.29, 0.717) is 34.2 Å². The molecule has 0 aromatic heterocycles. The van der Waals surface area contributed by atoms with Crippen molar-refractivity contribution in [3.8, 4) is 11.5 Å². The molecule has 1 aliphatic rings. The molecule has 3 rings (SSSR count). The molecule has 0 atom stereocenters. The van der Waals surface area contributed by atoms with Crippen LogP contribution in [0.4, 0.5) is 5.69 Å². The molecule has 0 spiro atoms. The fraction of sp³-hybridized carbons (Fsp3) is 0.250. The standard InChI is InChI=1S/C20H22N2O4S/c1-12-6-7-15(10-13(12)2)19-14(3)20(22-27(19,23)24)21-16-8-9-17(25-4)18(11-16)26-5/h6-11H,1-5H3,(H,21,22). The van der Waals surface area contributed by atoms with Gasteiger partial charge in [0.05, 0.1) is 14.2 Å². The molecule has 1 N–H and O–H groups in total. The largest absolute Gasteiger partial charge is 0.493 e. The average Bonchev–Trinajstić information content (AvgIpc) is 2.85. The number of anilines is 1. The van der Waals surface area contributed by atoms with Crippen LogP contribution in [0.15, 0.2) is 46.4 Å². The third-order valence-corrected chi connectivity index (χ3v) is 6.06. The second-order valence-electron chi connectivity index (χ2n) is 6.36. The maximum atomic E-state index is 12.7. The van der Waals surface area contributed by atoms with Crippen LogP contribution in [-0.2, 0) is 10.0 Å². The van der Waals surface area contributed by atoms with Gasteiger partial charge in [0.25, 0.3) is 10.0 Å². The first-order valence-electron chi connectivity index (χ1n) is 8.39. The Balaban J connectivity index is 2.00. The molecule has 0 unspecified atom stereocenters. The second kappa shape index (κ2) is 7.08. The number of ether oxygens (including phenoxy) is 2. The lowest BCUT2D eigenvalue weighted by Crippen LogP contribution is -2.11. The van der Waals surface area contributed by atoms with Crippen molar-refractivity contribution in [1.82, 2.24) is 0 Å². The van der Waals surface area contributed by atoms with Crippen molar-refractivity contribution in [2.24, 2.45) is 4.40 Å². The third-order valence-electron chi connectivity index (χ3n) is 4.58. The van der Waals surface area contributed by atoms with Crippen molar-refractivity contribution in [1.29, 1.82) is 0 Å². The Kier molecular flexibility index (Phi) is 4.97. The van der Waals surface area contributed by atoms with E-state index in [1.165, 1.54) is 0 Å². The van der Waals surface area contributed by atoms with Crippen LogP contribution in [0.25, 0.3) is 4.91 Å². The maximum absolute atomic E-state index is 12.7. The van der Waals surface area contributed by atoms with Gasteiger partial charge >= 0.3 is 0 Å². The van der Waals surface area contributed by atoms with Gasteiger partial charge in [-0.2, -0.15) is 8.42 Å². The zero-order valence-electron chi connectivity index (χ0n) is 16.0. The molecule has 0 radical (unpaired) electrons. The van der Waals surface area contributed by atoms with Crippen molar-refractivity contribution in [2.45, 2.75) is 20.8 Å². The highest BCUT2D eigenvalue weighted by atomic mass is 32.2. The number of nitrogens with zero attached hydrogens (tertiary/aromatic N) is 1. The van der Waals surface area contributed by atoms with Gasteiger partial charge in [0, 0.05) is 17.3 Å². The first-order chi connectivity index (χ1) is 12.8. The van der Waals surface area contributed by atoms with Crippen LogP contribution in [0.5, 0.6) is 11.5 Å². The lowest BCUT2D eigenvalue weighted by molar-refractivity contribution is 0.355. The van der Waals surface area contributed by atoms with Gasteiger partial charge in [-0.05, 0) is 49.6 Å². The maximum Gasteiger partial charge on any atom is 0.285 e. The van der Waals surface area contributed by atoms with Crippen LogP contribution >= 0.6 is 0 Å². The van der Waals surface area contributed by atoms with Gasteiger partial charge in [-0.3, -0.25) is 0 Å². The summed E-state index contributed by atoms with van der Waals surface area (Å²) in [6, 6.07) is 10.9. The highest BCUT2D eigenvalue weighted by Crippen LogP contribution is 2.35. The second-order valence-corrected chi connectivity index (χ2v) is 7.90. The van der Waals surface area contributed by atoms with Crippen molar-refractivity contribution in [3.63, 3.8) is 0 Å². The Hall–Kier alpha value is -2.80. The Morgan fingerprint density at radius 1 is 0.889 bits per heavy atom. The summed E-state index contributed by atoms with van der Waals surface area (Å²) in [4.78, 5) is 0.230. The molecule has 0 saturated heterocycles. The normalized spacial score (nSPS) is 15.5. The predicted molar refractivity (Wildman–Crippen MR) is 108 cm³/mol. The minimum absolute atomic E-state index is 0.230. The predicted octanol–water partition coefficient (Wildman–Crippen LogP) is 3.91. The quantitative estimate of drug-likeness (QED) is 0.862. The van der Waals surface area contributed by atoms with E-state index >= 15 is 0 Å². The molecule has 7 heteroatoms. The Morgan fingerprint density at radius 2 is 1.59 bits per heavy atom. The average molecular weight is 386 g/mol. The third kappa shape index (κ3) is 3.55. The summed E-state index contributed by atoms with van der Waals surface area (Å²) in [5, 5.41) is 3.08. The number of hydrogen-bond acceptors (Lipinski definition) is 5. The molecule has 6 nitrogen and oxygen atoms in total. The van der Waals surface area contributed by atoms with Crippen LogP contribution in [0.1, 0.15) is 23.6 Å². The number of amidine groups is 1. The Bertz CT molecular complexity index is 1070. The zero-order valence-corrected chi connectivity index (χ0v) is 16.8. The van der Waals surface area contributed by atoms with E-state index in [0.717, 1.165) is 11.1 Å². The summed E-state index contributed by atoms with van der Waals surface area (Å²) < 4.78 is 39.8. The molecule has 0 bridgehead atoms. The van der Waals surface area contributed by atoms with Crippen molar-refractivity contribution in [2.75, 3.05) is 19.5 Å². The van der Waals surface area contributed by atoms with Gasteiger partial charge in [0.15, 0.2) is 11.5 Å². The van der Waals surface area contributed by atoms with Crippen LogP contribution in [0, 0.1) is 13.8 Å². The van der Waals surface area contributed by atoms with Gasteiger partial charge in [0.2, 0.25) is 0 Å². The molecule has 1 aliphatic heterocycles. The summed E-state index contributed by atoms with van der Waals surface area (Å²) >= 11 is 0. The minimum Gasteiger partial charge on any atom is -0.493 e. The summed E-state index contributed by atoms with van der Waals surface area (Å²) in [5.74, 6) is 1.43. The number of benzene rings is 2. The monoisotopic (exact) mass is 386 g/mol. The van der Waals surface area contributed by atoms with E-state index in [4.69, 9.17) is 9.47 Å². The van der Waals surface area contributed by atoms with Crippen LogP contribution in [-0.4, -0.2) is 28.5 Å². The molecule has 0 fully saturated rings. The molecule has 1 heterocycles. The van der Waals surface area contributed by atoms with Gasteiger partial charge in [-0.15, -0.1) is 4.40 Å². The fourth-order valence-corrected chi connectivity index (χ4v) is 4.37. The van der Waals surface area contributed by atoms with E-state index in [2.05, 4.69) is 9.71 Å². The zero-order chi connectivity index (χ0) is 19.8. The topological polar surface area (TPSA) is 77.0 Å². The lowest BCUT2D eigenvalue weighted by atomic mass is 10.0. The molecule has 2 aromatic carbocycles. The van der Waals surface area contributed by atoms with Gasteiger partial charge < -0.3 is 14.8 Å². The van der Waals surface area contributed by atoms with Gasteiger partial charge in [-0.25, -0.2) is 0 Å². The number of hydrogen-bond donors (Lipinski definition) is 1. The molecule has 142 valence electrons. The number of rotatable bonds is 4. The van der Waals surface area contributed by atoms with E-state index in [1.54, 1.807) is 39.3 Å². The molecule has 0 amide bonds. The number of nitrogens with one attached hydrogen (secondary N) is 1. The highest BCUT2D eigenvalue weighted by molar-refractivity contribution is 8.00. The summed E-state index contributed by atoms with van der Waals surface area (Å²) in [6.45, 7) is 5.70. The molecular formula is C20H22N2O4S. The van der Waals surface area contributed by atoms with E-state index < -0.39 is 10.0 Å². The van der Waals surface area contributed by atoms with Gasteiger partial charge in [-0.1, -0.05) is 18.2 Å². The highest BCUT2D eigenvalue weighted by Gasteiger charge is 2.31. The minimum atomic E-state index is -3.77. The number of sulfonamides is 1. The summed E-state index contributed by atoms with van der Waals surface area (Å²) in [6.07, 6.45) is 0. The molecule has 2 aromatic rings. The van der Waals surface area contributed by atoms with E-state index in [9.17, 15) is 8.42 Å². The Morgan fingerprint density at radius 3 is 2.22 bits per heavy atom. The number of aryl methyl sites for hydroxylation is 2. The fourth-order valence-electron chi connectivity index (χ4n) is 2.95. The first kappa shape index (κ1) is 19.0. The molecular weight excluding hydrogens is 364 g/mol. The van der Waals surface area contributed by atoms with Gasteiger partial charge in [0.1, 0.15) is 10.7 Å². The van der Waals surface area contributed by atoms with E-state index in [1.807, 2.05) is 32.0 Å². The molecule has 0 aliphatic carbocycles. The summed E-state index contributed by atoms with van der Waals surface area (Å²) in [5.41, 5.74) is 4.01. The molecule has 0 saturated carbocycles. The van der Waals surface area contributed by atoms with Crippen molar-refractivity contribution < 1.29 is 17.9 Å².